The van der Waals surface area contributed by atoms with Crippen LogP contribution < -0.4 is 9.26 Å². The van der Waals surface area contributed by atoms with Gasteiger partial charge in [0, 0.05) is 9.59 Å². The molecule has 18 heavy (non-hydrogen) atoms. The lowest BCUT2D eigenvalue weighted by molar-refractivity contribution is 0.409. The Labute approximate surface area is 110 Å². The summed E-state index contributed by atoms with van der Waals surface area (Å²) in [5.41, 5.74) is 0. The van der Waals surface area contributed by atoms with Crippen LogP contribution >= 0.6 is 19.9 Å². The van der Waals surface area contributed by atoms with Crippen LogP contribution in [0.1, 0.15) is 0 Å². The minimum Gasteiger partial charge on any atom is -0.457 e. The average molecular weight is 284 g/mol. The van der Waals surface area contributed by atoms with Gasteiger partial charge in [-0.25, -0.2) is 4.52 Å². The van der Waals surface area contributed by atoms with Crippen molar-refractivity contribution < 1.29 is 18.7 Å². The van der Waals surface area contributed by atoms with Gasteiger partial charge in [-0.2, -0.15) is 0 Å². The number of halogens is 1. The van der Waals surface area contributed by atoms with Crippen LogP contribution in [0.2, 0.25) is 5.02 Å². The number of benzene rings is 2. The molecule has 0 aliphatic heterocycles. The Morgan fingerprint density at radius 2 is 1.33 bits per heavy atom. The van der Waals surface area contributed by atoms with Gasteiger partial charge in [-0.05, 0) is 48.5 Å². The Morgan fingerprint density at radius 1 is 0.889 bits per heavy atom. The molecule has 92 valence electrons. The molecule has 2 rings (SSSR count). The lowest BCUT2D eigenvalue weighted by Gasteiger charge is -2.05. The van der Waals surface area contributed by atoms with Gasteiger partial charge in [0.15, 0.2) is 5.75 Å². The molecule has 0 aliphatic carbocycles. The van der Waals surface area contributed by atoms with Crippen LogP contribution in [0, 0.1) is 0 Å². The predicted molar refractivity (Wildman–Crippen MR) is 68.4 cm³/mol. The smallest absolute Gasteiger partial charge is 0.457 e. The maximum atomic E-state index is 10.5. The Bertz CT molecular complexity index is 539. The SMILES string of the molecule is O=[P+](O)Oc1ccc(Oc2ccc(Cl)cc2)cc1. The fourth-order valence-corrected chi connectivity index (χ4v) is 1.73. The van der Waals surface area contributed by atoms with Gasteiger partial charge in [0.05, 0.1) is 0 Å². The first kappa shape index (κ1) is 12.8. The van der Waals surface area contributed by atoms with Crippen LogP contribution in [0.5, 0.6) is 17.2 Å². The molecule has 2 aromatic carbocycles. The fourth-order valence-electron chi connectivity index (χ4n) is 1.30. The third kappa shape index (κ3) is 3.70. The van der Waals surface area contributed by atoms with Crippen LogP contribution in [-0.4, -0.2) is 4.89 Å². The van der Waals surface area contributed by atoms with Crippen LogP contribution in [0.15, 0.2) is 48.5 Å². The van der Waals surface area contributed by atoms with E-state index >= 15 is 0 Å². The highest BCUT2D eigenvalue weighted by atomic mass is 35.5. The van der Waals surface area contributed by atoms with Crippen LogP contribution in [0.25, 0.3) is 0 Å². The molecule has 1 N–H and O–H groups in total. The van der Waals surface area contributed by atoms with Gasteiger partial charge in [-0.15, -0.1) is 4.89 Å². The highest BCUT2D eigenvalue weighted by molar-refractivity contribution is 7.32. The van der Waals surface area contributed by atoms with Crippen molar-refractivity contribution in [3.8, 4) is 17.2 Å². The van der Waals surface area contributed by atoms with Gasteiger partial charge in [0.1, 0.15) is 11.5 Å². The quantitative estimate of drug-likeness (QED) is 0.856. The van der Waals surface area contributed by atoms with Crippen LogP contribution in [-0.2, 0) is 4.57 Å². The predicted octanol–water partition coefficient (Wildman–Crippen LogP) is 4.16. The Hall–Kier alpha value is -1.61. The van der Waals surface area contributed by atoms with E-state index < -0.39 is 8.25 Å². The highest BCUT2D eigenvalue weighted by Gasteiger charge is 2.13. The van der Waals surface area contributed by atoms with E-state index in [1.807, 2.05) is 0 Å². The Balaban J connectivity index is 2.06. The second-order valence-corrected chi connectivity index (χ2v) is 4.45. The van der Waals surface area contributed by atoms with E-state index in [1.165, 1.54) is 0 Å². The molecule has 0 aliphatic rings. The molecule has 0 heterocycles. The summed E-state index contributed by atoms with van der Waals surface area (Å²) in [5.74, 6) is 1.56. The molecular formula is C12H9ClO4P+. The molecule has 4 nitrogen and oxygen atoms in total. The monoisotopic (exact) mass is 283 g/mol. The zero-order valence-corrected chi connectivity index (χ0v) is 10.8. The molecule has 1 unspecified atom stereocenters. The summed E-state index contributed by atoms with van der Waals surface area (Å²) in [4.78, 5) is 8.58. The van der Waals surface area contributed by atoms with E-state index in [0.29, 0.717) is 22.3 Å². The molecular weight excluding hydrogens is 275 g/mol. The number of rotatable bonds is 4. The summed E-state index contributed by atoms with van der Waals surface area (Å²) in [6.45, 7) is 0. The molecule has 2 aromatic rings. The minimum absolute atomic E-state index is 0.307. The van der Waals surface area contributed by atoms with Crippen molar-refractivity contribution in [3.63, 3.8) is 0 Å². The molecule has 0 fully saturated rings. The van der Waals surface area contributed by atoms with Crippen LogP contribution in [0.3, 0.4) is 0 Å². The maximum absolute atomic E-state index is 10.5. The van der Waals surface area contributed by atoms with Crippen molar-refractivity contribution in [1.29, 1.82) is 0 Å². The minimum atomic E-state index is -2.64. The van der Waals surface area contributed by atoms with Crippen LogP contribution in [0.4, 0.5) is 0 Å². The summed E-state index contributed by atoms with van der Waals surface area (Å²) < 4.78 is 20.6. The topological polar surface area (TPSA) is 55.8 Å². The zero-order chi connectivity index (χ0) is 13.0. The van der Waals surface area contributed by atoms with E-state index in [0.717, 1.165) is 0 Å². The van der Waals surface area contributed by atoms with Gasteiger partial charge in [-0.3, -0.25) is 0 Å². The standard InChI is InChI=1S/C12H8ClO4P/c13-9-1-3-10(4-2-9)16-11-5-7-12(8-6-11)17-18(14)15/h1-8H/p+1. The lowest BCUT2D eigenvalue weighted by atomic mass is 10.3. The van der Waals surface area contributed by atoms with E-state index in [2.05, 4.69) is 4.52 Å². The molecule has 6 heteroatoms. The van der Waals surface area contributed by atoms with Crippen molar-refractivity contribution in [3.05, 3.63) is 53.6 Å². The number of hydrogen-bond acceptors (Lipinski definition) is 3. The first-order valence-corrected chi connectivity index (χ1v) is 6.52. The highest BCUT2D eigenvalue weighted by Crippen LogP contribution is 2.27. The third-order valence-corrected chi connectivity index (χ3v) is 2.68. The Morgan fingerprint density at radius 3 is 1.83 bits per heavy atom. The molecule has 0 radical (unpaired) electrons. The largest absolute Gasteiger partial charge is 0.747 e. The number of hydrogen-bond donors (Lipinski definition) is 1. The Kier molecular flexibility index (Phi) is 4.15. The lowest BCUT2D eigenvalue weighted by Crippen LogP contribution is -1.84. The molecule has 0 saturated heterocycles. The molecule has 1 atom stereocenters. The van der Waals surface area contributed by atoms with Gasteiger partial charge in [0.2, 0.25) is 0 Å². The summed E-state index contributed by atoms with van der Waals surface area (Å²) in [6, 6.07) is 13.3. The normalized spacial score (nSPS) is 10.9. The van der Waals surface area contributed by atoms with Crippen molar-refractivity contribution in [2.75, 3.05) is 0 Å². The summed E-state index contributed by atoms with van der Waals surface area (Å²) >= 11 is 5.76. The summed E-state index contributed by atoms with van der Waals surface area (Å²) in [5, 5.41) is 0.637. The molecule has 0 spiro atoms. The van der Waals surface area contributed by atoms with E-state index in [9.17, 15) is 4.57 Å². The first-order valence-electron chi connectivity index (χ1n) is 5.01. The third-order valence-electron chi connectivity index (χ3n) is 2.06. The van der Waals surface area contributed by atoms with Gasteiger partial charge in [0.25, 0.3) is 0 Å². The number of ether oxygens (including phenoxy) is 1. The molecule has 0 saturated carbocycles. The summed E-state index contributed by atoms with van der Waals surface area (Å²) in [6.07, 6.45) is 0. The molecule has 0 aromatic heterocycles. The van der Waals surface area contributed by atoms with E-state index in [-0.39, 0.29) is 0 Å². The maximum Gasteiger partial charge on any atom is 0.747 e. The van der Waals surface area contributed by atoms with Gasteiger partial charge in [-0.1, -0.05) is 11.6 Å². The fraction of sp³-hybridized carbons (Fsp3) is 0. The van der Waals surface area contributed by atoms with Crippen molar-refractivity contribution in [2.45, 2.75) is 0 Å². The van der Waals surface area contributed by atoms with E-state index in [4.69, 9.17) is 21.2 Å². The van der Waals surface area contributed by atoms with Crippen molar-refractivity contribution in [2.24, 2.45) is 0 Å². The van der Waals surface area contributed by atoms with Gasteiger partial charge < -0.3 is 4.74 Å². The van der Waals surface area contributed by atoms with Crippen molar-refractivity contribution >= 4 is 19.9 Å². The second kappa shape index (κ2) is 5.83. The average Bonchev–Trinajstić information content (AvgIpc) is 2.34. The first-order chi connectivity index (χ1) is 8.63. The molecule has 0 bridgehead atoms. The summed E-state index contributed by atoms with van der Waals surface area (Å²) in [7, 11) is -2.64. The van der Waals surface area contributed by atoms with Gasteiger partial charge >= 0.3 is 8.25 Å². The molecule has 0 amide bonds. The van der Waals surface area contributed by atoms with Crippen molar-refractivity contribution in [1.82, 2.24) is 0 Å². The zero-order valence-electron chi connectivity index (χ0n) is 9.12. The second-order valence-electron chi connectivity index (χ2n) is 3.36. The van der Waals surface area contributed by atoms with E-state index in [1.54, 1.807) is 48.5 Å².